The lowest BCUT2D eigenvalue weighted by atomic mass is 9.98. The van der Waals surface area contributed by atoms with Crippen molar-refractivity contribution in [3.8, 4) is 5.75 Å². The molecule has 1 aromatic carbocycles. The zero-order chi connectivity index (χ0) is 16.3. The standard InChI is InChI=1S/C15H17BrFNO4/c1-9(22-13-5-4-11(17)7-12(13)16)14(19)18-6-2-3-10(8-18)15(20)21/h4-5,7,9-10H,2-3,6,8H2,1H3,(H,20,21). The van der Waals surface area contributed by atoms with E-state index in [4.69, 9.17) is 9.84 Å². The number of aliphatic carboxylic acids is 1. The molecule has 7 heteroatoms. The number of halogens is 2. The van der Waals surface area contributed by atoms with Crippen molar-refractivity contribution in [1.82, 2.24) is 4.90 Å². The zero-order valence-corrected chi connectivity index (χ0v) is 13.7. The Kier molecular flexibility index (Phi) is 5.39. The summed E-state index contributed by atoms with van der Waals surface area (Å²) < 4.78 is 19.0. The molecule has 1 heterocycles. The first kappa shape index (κ1) is 16.7. The second-order valence-corrected chi connectivity index (χ2v) is 6.15. The Morgan fingerprint density at radius 2 is 2.23 bits per heavy atom. The molecule has 0 aromatic heterocycles. The number of carbonyl (C=O) groups is 2. The highest BCUT2D eigenvalue weighted by Crippen LogP contribution is 2.27. The fourth-order valence-corrected chi connectivity index (χ4v) is 2.89. The van der Waals surface area contributed by atoms with Crippen LogP contribution >= 0.6 is 15.9 Å². The number of piperidine rings is 1. The minimum absolute atomic E-state index is 0.201. The molecular weight excluding hydrogens is 357 g/mol. The van der Waals surface area contributed by atoms with E-state index >= 15 is 0 Å². The van der Waals surface area contributed by atoms with E-state index in [0.717, 1.165) is 0 Å². The van der Waals surface area contributed by atoms with Gasteiger partial charge in [0.2, 0.25) is 0 Å². The minimum atomic E-state index is -0.882. The molecule has 1 aliphatic rings. The molecule has 1 N–H and O–H groups in total. The van der Waals surface area contributed by atoms with Gasteiger partial charge in [-0.05, 0) is 53.9 Å². The summed E-state index contributed by atoms with van der Waals surface area (Å²) in [5, 5.41) is 9.06. The first-order valence-corrected chi connectivity index (χ1v) is 7.81. The van der Waals surface area contributed by atoms with Gasteiger partial charge < -0.3 is 14.7 Å². The third-order valence-corrected chi connectivity index (χ3v) is 4.25. The van der Waals surface area contributed by atoms with E-state index in [1.807, 2.05) is 0 Å². The Balaban J connectivity index is 2.01. The van der Waals surface area contributed by atoms with E-state index in [0.29, 0.717) is 29.6 Å². The quantitative estimate of drug-likeness (QED) is 0.880. The summed E-state index contributed by atoms with van der Waals surface area (Å²) in [4.78, 5) is 24.9. The first-order valence-electron chi connectivity index (χ1n) is 7.01. The van der Waals surface area contributed by atoms with Crippen LogP contribution in [0.1, 0.15) is 19.8 Å². The Bertz CT molecular complexity index is 581. The lowest BCUT2D eigenvalue weighted by Gasteiger charge is -2.32. The molecule has 0 aliphatic carbocycles. The SMILES string of the molecule is CC(Oc1ccc(F)cc1Br)C(=O)N1CCCC(C(=O)O)C1. The number of likely N-dealkylation sites (tertiary alicyclic amines) is 1. The number of ether oxygens (including phenoxy) is 1. The molecule has 1 aliphatic heterocycles. The molecule has 0 radical (unpaired) electrons. The molecule has 1 fully saturated rings. The second-order valence-electron chi connectivity index (χ2n) is 5.30. The summed E-state index contributed by atoms with van der Waals surface area (Å²) in [7, 11) is 0. The van der Waals surface area contributed by atoms with Crippen molar-refractivity contribution < 1.29 is 23.8 Å². The molecule has 1 amide bonds. The molecule has 2 rings (SSSR count). The van der Waals surface area contributed by atoms with Crippen LogP contribution in [0.5, 0.6) is 5.75 Å². The summed E-state index contributed by atoms with van der Waals surface area (Å²) in [5.74, 6) is -1.70. The summed E-state index contributed by atoms with van der Waals surface area (Å²) >= 11 is 3.18. The number of benzene rings is 1. The van der Waals surface area contributed by atoms with E-state index in [9.17, 15) is 14.0 Å². The van der Waals surface area contributed by atoms with Gasteiger partial charge in [0.1, 0.15) is 11.6 Å². The van der Waals surface area contributed by atoms with Crippen LogP contribution in [0.15, 0.2) is 22.7 Å². The van der Waals surface area contributed by atoms with Gasteiger partial charge in [0, 0.05) is 13.1 Å². The molecule has 2 unspecified atom stereocenters. The zero-order valence-electron chi connectivity index (χ0n) is 12.1. The molecule has 5 nitrogen and oxygen atoms in total. The van der Waals surface area contributed by atoms with Crippen molar-refractivity contribution in [2.24, 2.45) is 5.92 Å². The molecule has 120 valence electrons. The van der Waals surface area contributed by atoms with Gasteiger partial charge in [0.25, 0.3) is 5.91 Å². The van der Waals surface area contributed by atoms with Gasteiger partial charge in [-0.15, -0.1) is 0 Å². The van der Waals surface area contributed by atoms with E-state index in [2.05, 4.69) is 15.9 Å². The fourth-order valence-electron chi connectivity index (χ4n) is 2.45. The smallest absolute Gasteiger partial charge is 0.308 e. The molecule has 2 atom stereocenters. The number of hydrogen-bond donors (Lipinski definition) is 1. The van der Waals surface area contributed by atoms with Crippen LogP contribution < -0.4 is 4.74 Å². The third-order valence-electron chi connectivity index (χ3n) is 3.63. The van der Waals surface area contributed by atoms with Crippen LogP contribution in [-0.2, 0) is 9.59 Å². The number of rotatable bonds is 4. The summed E-state index contributed by atoms with van der Waals surface area (Å²) in [6.07, 6.45) is 0.474. The maximum atomic E-state index is 13.0. The predicted octanol–water partition coefficient (Wildman–Crippen LogP) is 2.68. The number of carboxylic acid groups (broad SMARTS) is 1. The maximum absolute atomic E-state index is 13.0. The minimum Gasteiger partial charge on any atom is -0.481 e. The first-order chi connectivity index (χ1) is 10.4. The van der Waals surface area contributed by atoms with Crippen molar-refractivity contribution in [1.29, 1.82) is 0 Å². The third kappa shape index (κ3) is 3.97. The van der Waals surface area contributed by atoms with Gasteiger partial charge in [-0.25, -0.2) is 4.39 Å². The highest BCUT2D eigenvalue weighted by molar-refractivity contribution is 9.10. The van der Waals surface area contributed by atoms with Crippen LogP contribution in [0, 0.1) is 11.7 Å². The van der Waals surface area contributed by atoms with Crippen molar-refractivity contribution in [3.63, 3.8) is 0 Å². The topological polar surface area (TPSA) is 66.8 Å². The van der Waals surface area contributed by atoms with Gasteiger partial charge in [-0.1, -0.05) is 0 Å². The molecule has 1 aromatic rings. The van der Waals surface area contributed by atoms with Crippen LogP contribution in [-0.4, -0.2) is 41.1 Å². The highest BCUT2D eigenvalue weighted by atomic mass is 79.9. The molecule has 1 saturated heterocycles. The fraction of sp³-hybridized carbons (Fsp3) is 0.467. The second kappa shape index (κ2) is 7.09. The summed E-state index contributed by atoms with van der Waals surface area (Å²) in [6.45, 7) is 2.33. The highest BCUT2D eigenvalue weighted by Gasteiger charge is 2.31. The molecule has 22 heavy (non-hydrogen) atoms. The number of carboxylic acids is 1. The van der Waals surface area contributed by atoms with Gasteiger partial charge in [-0.3, -0.25) is 9.59 Å². The molecule has 0 spiro atoms. The summed E-state index contributed by atoms with van der Waals surface area (Å²) in [6, 6.07) is 3.95. The number of nitrogens with zero attached hydrogens (tertiary/aromatic N) is 1. The Labute approximate surface area is 136 Å². The largest absolute Gasteiger partial charge is 0.481 e. The van der Waals surface area contributed by atoms with Gasteiger partial charge in [-0.2, -0.15) is 0 Å². The van der Waals surface area contributed by atoms with Crippen LogP contribution in [0.2, 0.25) is 0 Å². The molecular formula is C15H17BrFNO4. The lowest BCUT2D eigenvalue weighted by Crippen LogP contribution is -2.47. The average Bonchev–Trinajstić information content (AvgIpc) is 2.49. The van der Waals surface area contributed by atoms with Crippen LogP contribution in [0.4, 0.5) is 4.39 Å². The van der Waals surface area contributed by atoms with E-state index < -0.39 is 23.8 Å². The number of carbonyl (C=O) groups excluding carboxylic acids is 1. The van der Waals surface area contributed by atoms with Crippen molar-refractivity contribution in [3.05, 3.63) is 28.5 Å². The van der Waals surface area contributed by atoms with Crippen LogP contribution in [0.25, 0.3) is 0 Å². The van der Waals surface area contributed by atoms with Crippen molar-refractivity contribution in [2.45, 2.75) is 25.9 Å². The normalized spacial score (nSPS) is 19.6. The molecule has 0 saturated carbocycles. The monoisotopic (exact) mass is 373 g/mol. The Morgan fingerprint density at radius 1 is 1.50 bits per heavy atom. The van der Waals surface area contributed by atoms with E-state index in [-0.39, 0.29) is 12.5 Å². The van der Waals surface area contributed by atoms with Gasteiger partial charge in [0.15, 0.2) is 6.10 Å². The number of amides is 1. The van der Waals surface area contributed by atoms with Crippen LogP contribution in [0.3, 0.4) is 0 Å². The Hall–Kier alpha value is -1.63. The summed E-state index contributed by atoms with van der Waals surface area (Å²) in [5.41, 5.74) is 0. The lowest BCUT2D eigenvalue weighted by molar-refractivity contribution is -0.147. The Morgan fingerprint density at radius 3 is 2.86 bits per heavy atom. The maximum Gasteiger partial charge on any atom is 0.308 e. The van der Waals surface area contributed by atoms with Crippen molar-refractivity contribution >= 4 is 27.8 Å². The predicted molar refractivity (Wildman–Crippen MR) is 81.1 cm³/mol. The van der Waals surface area contributed by atoms with Crippen molar-refractivity contribution in [2.75, 3.05) is 13.1 Å². The van der Waals surface area contributed by atoms with E-state index in [1.165, 1.54) is 23.1 Å². The number of hydrogen-bond acceptors (Lipinski definition) is 3. The van der Waals surface area contributed by atoms with Gasteiger partial charge in [0.05, 0.1) is 10.4 Å². The average molecular weight is 374 g/mol. The van der Waals surface area contributed by atoms with E-state index in [1.54, 1.807) is 6.92 Å². The van der Waals surface area contributed by atoms with Gasteiger partial charge >= 0.3 is 5.97 Å². The molecule has 0 bridgehead atoms.